The van der Waals surface area contributed by atoms with Crippen molar-refractivity contribution in [1.29, 1.82) is 0 Å². The summed E-state index contributed by atoms with van der Waals surface area (Å²) < 4.78 is 0. The van der Waals surface area contributed by atoms with E-state index in [9.17, 15) is 24.3 Å². The van der Waals surface area contributed by atoms with Gasteiger partial charge in [-0.1, -0.05) is 94.0 Å². The number of allylic oxidation sites excluding steroid dienone is 1. The number of carbonyl (C=O) groups is 4. The Morgan fingerprint density at radius 2 is 1.62 bits per heavy atom. The van der Waals surface area contributed by atoms with Crippen LogP contribution in [-0.4, -0.2) is 57.6 Å². The van der Waals surface area contributed by atoms with E-state index in [1.54, 1.807) is 24.3 Å². The van der Waals surface area contributed by atoms with Crippen molar-refractivity contribution in [2.45, 2.75) is 103 Å². The fraction of sp³-hybridized carbons (Fsp3) is 0.526. The summed E-state index contributed by atoms with van der Waals surface area (Å²) in [5, 5.41) is 10.3. The van der Waals surface area contributed by atoms with Crippen LogP contribution in [-0.2, 0) is 16.0 Å². The van der Waals surface area contributed by atoms with Gasteiger partial charge in [0.05, 0.1) is 29.8 Å². The van der Waals surface area contributed by atoms with Crippen LogP contribution in [0, 0.1) is 11.8 Å². The van der Waals surface area contributed by atoms with Gasteiger partial charge in [0, 0.05) is 25.3 Å². The van der Waals surface area contributed by atoms with Crippen molar-refractivity contribution in [2.24, 2.45) is 11.8 Å². The predicted molar refractivity (Wildman–Crippen MR) is 175 cm³/mol. The highest BCUT2D eigenvalue weighted by atomic mass is 16.3. The number of rotatable bonds is 15. The average Bonchev–Trinajstić information content (AvgIpc) is 3.52. The lowest BCUT2D eigenvalue weighted by atomic mass is 9.89. The lowest BCUT2D eigenvalue weighted by molar-refractivity contribution is -0.134. The normalized spacial score (nSPS) is 21.9. The van der Waals surface area contributed by atoms with Crippen LogP contribution in [0.25, 0.3) is 0 Å². The number of nitrogens with zero attached hydrogens (tertiary/aromatic N) is 2. The molecular formula is C38H48N2O5. The number of ketones is 1. The highest BCUT2D eigenvalue weighted by Crippen LogP contribution is 2.35. The molecule has 1 N–H and O–H groups in total. The molecule has 2 aromatic rings. The zero-order valence-electron chi connectivity index (χ0n) is 26.7. The Balaban J connectivity index is 1.11. The number of aliphatic hydroxyl groups excluding tert-OH is 1. The van der Waals surface area contributed by atoms with E-state index in [2.05, 4.69) is 19.1 Å². The van der Waals surface area contributed by atoms with E-state index in [1.165, 1.54) is 4.90 Å². The SMILES string of the molecule is CCCCC[C@H](O)/C=C/[C@H]1CCC(=O)[C@@H]1CCCCCCC(=O)N1CCc2ccccc2[C@@H]1CN1C(=O)c2ccccc2C1=O. The molecule has 1 saturated carbocycles. The van der Waals surface area contributed by atoms with Crippen LogP contribution in [0.2, 0.25) is 0 Å². The Morgan fingerprint density at radius 1 is 0.911 bits per heavy atom. The van der Waals surface area contributed by atoms with Gasteiger partial charge in [-0.2, -0.15) is 0 Å². The topological polar surface area (TPSA) is 95.0 Å². The molecular weight excluding hydrogens is 564 g/mol. The summed E-state index contributed by atoms with van der Waals surface area (Å²) in [7, 11) is 0. The number of aliphatic hydroxyl groups is 1. The highest BCUT2D eigenvalue weighted by Gasteiger charge is 2.40. The molecule has 3 aliphatic rings. The fourth-order valence-electron chi connectivity index (χ4n) is 7.37. The van der Waals surface area contributed by atoms with Crippen molar-refractivity contribution in [3.8, 4) is 0 Å². The van der Waals surface area contributed by atoms with Crippen LogP contribution in [0.4, 0.5) is 0 Å². The second-order valence-corrected chi connectivity index (χ2v) is 13.0. The second-order valence-electron chi connectivity index (χ2n) is 13.0. The van der Waals surface area contributed by atoms with E-state index in [-0.39, 0.29) is 42.1 Å². The molecule has 0 radical (unpaired) electrons. The molecule has 0 aromatic heterocycles. The third-order valence-corrected chi connectivity index (χ3v) is 9.96. The largest absolute Gasteiger partial charge is 0.389 e. The molecule has 1 aliphatic carbocycles. The van der Waals surface area contributed by atoms with Gasteiger partial charge in [-0.25, -0.2) is 0 Å². The van der Waals surface area contributed by atoms with E-state index >= 15 is 0 Å². The number of amides is 3. The molecule has 0 saturated heterocycles. The summed E-state index contributed by atoms with van der Waals surface area (Å²) in [6.07, 6.45) is 14.8. The first-order valence-electron chi connectivity index (χ1n) is 17.1. The van der Waals surface area contributed by atoms with Gasteiger partial charge in [0.25, 0.3) is 11.8 Å². The van der Waals surface area contributed by atoms with Crippen LogP contribution in [0.3, 0.4) is 0 Å². The van der Waals surface area contributed by atoms with Gasteiger partial charge in [-0.05, 0) is 61.3 Å². The lowest BCUT2D eigenvalue weighted by Gasteiger charge is -2.39. The van der Waals surface area contributed by atoms with Gasteiger partial charge in [0.15, 0.2) is 0 Å². The molecule has 2 aliphatic heterocycles. The molecule has 240 valence electrons. The monoisotopic (exact) mass is 612 g/mol. The number of benzene rings is 2. The van der Waals surface area contributed by atoms with E-state index in [0.717, 1.165) is 81.8 Å². The van der Waals surface area contributed by atoms with Crippen LogP contribution >= 0.6 is 0 Å². The van der Waals surface area contributed by atoms with Gasteiger partial charge in [-0.3, -0.25) is 24.1 Å². The maximum absolute atomic E-state index is 13.6. The number of carbonyl (C=O) groups excluding carboxylic acids is 4. The quantitative estimate of drug-likeness (QED) is 0.135. The smallest absolute Gasteiger partial charge is 0.261 e. The Morgan fingerprint density at radius 3 is 2.38 bits per heavy atom. The lowest BCUT2D eigenvalue weighted by Crippen LogP contribution is -2.46. The van der Waals surface area contributed by atoms with Crippen molar-refractivity contribution in [2.75, 3.05) is 13.1 Å². The number of fused-ring (bicyclic) bond motifs is 2. The third kappa shape index (κ3) is 7.81. The minimum Gasteiger partial charge on any atom is -0.389 e. The van der Waals surface area contributed by atoms with Crippen LogP contribution in [0.5, 0.6) is 0 Å². The predicted octanol–water partition coefficient (Wildman–Crippen LogP) is 6.84. The Kier molecular flexibility index (Phi) is 11.4. The summed E-state index contributed by atoms with van der Waals surface area (Å²) >= 11 is 0. The summed E-state index contributed by atoms with van der Waals surface area (Å²) in [6.45, 7) is 2.87. The van der Waals surface area contributed by atoms with Crippen molar-refractivity contribution in [1.82, 2.24) is 9.80 Å². The second kappa shape index (κ2) is 15.6. The standard InChI is InChI=1S/C38H48N2O5/c1-2-3-6-14-29(41)22-20-28-21-23-35(42)31(28)16-7-4-5-8-19-36(43)39-25-24-27-13-9-10-15-30(27)34(39)26-40-37(44)32-17-11-12-18-33(32)38(40)45/h9-13,15,17-18,20,22,28-29,31,34,41H,2-8,14,16,19,21,23-26H2,1H3/b22-20+/t28-,29-,31+,34-/m0/s1. The number of unbranched alkanes of at least 4 members (excludes halogenated alkanes) is 5. The molecule has 2 heterocycles. The van der Waals surface area contributed by atoms with Gasteiger partial charge in [0.2, 0.25) is 5.91 Å². The third-order valence-electron chi connectivity index (χ3n) is 9.96. The molecule has 1 fully saturated rings. The summed E-state index contributed by atoms with van der Waals surface area (Å²) in [6, 6.07) is 14.6. The Bertz CT molecular complexity index is 1370. The van der Waals surface area contributed by atoms with E-state index in [0.29, 0.717) is 36.3 Å². The van der Waals surface area contributed by atoms with Gasteiger partial charge >= 0.3 is 0 Å². The summed E-state index contributed by atoms with van der Waals surface area (Å²) in [4.78, 5) is 55.6. The van der Waals surface area contributed by atoms with Crippen molar-refractivity contribution >= 4 is 23.5 Å². The summed E-state index contributed by atoms with van der Waals surface area (Å²) in [5.41, 5.74) is 3.01. The first-order chi connectivity index (χ1) is 21.9. The summed E-state index contributed by atoms with van der Waals surface area (Å²) in [5.74, 6) is 0.0675. The fourth-order valence-corrected chi connectivity index (χ4v) is 7.37. The number of imide groups is 1. The molecule has 7 heteroatoms. The number of Topliss-reactive ketones (excluding diaryl/α,β-unsaturated/α-hetero) is 1. The molecule has 5 rings (SSSR count). The first-order valence-corrected chi connectivity index (χ1v) is 17.1. The van der Waals surface area contributed by atoms with Crippen LogP contribution in [0.15, 0.2) is 60.7 Å². The minimum absolute atomic E-state index is 0.0436. The molecule has 7 nitrogen and oxygen atoms in total. The maximum Gasteiger partial charge on any atom is 0.261 e. The average molecular weight is 613 g/mol. The van der Waals surface area contributed by atoms with Crippen molar-refractivity contribution < 1.29 is 24.3 Å². The zero-order chi connectivity index (χ0) is 31.8. The van der Waals surface area contributed by atoms with Gasteiger partial charge in [0.1, 0.15) is 5.78 Å². The Hall–Kier alpha value is -3.58. The molecule has 0 unspecified atom stereocenters. The first kappa shape index (κ1) is 32.8. The minimum atomic E-state index is -0.425. The van der Waals surface area contributed by atoms with Crippen LogP contribution < -0.4 is 0 Å². The van der Waals surface area contributed by atoms with Crippen molar-refractivity contribution in [3.63, 3.8) is 0 Å². The molecule has 4 atom stereocenters. The van der Waals surface area contributed by atoms with Crippen molar-refractivity contribution in [3.05, 3.63) is 82.9 Å². The molecule has 2 aromatic carbocycles. The number of hydrogen-bond donors (Lipinski definition) is 1. The van der Waals surface area contributed by atoms with E-state index in [4.69, 9.17) is 0 Å². The number of hydrogen-bond acceptors (Lipinski definition) is 5. The van der Waals surface area contributed by atoms with E-state index < -0.39 is 6.10 Å². The van der Waals surface area contributed by atoms with Crippen LogP contribution in [0.1, 0.15) is 122 Å². The zero-order valence-corrected chi connectivity index (χ0v) is 26.7. The van der Waals surface area contributed by atoms with Gasteiger partial charge < -0.3 is 10.0 Å². The maximum atomic E-state index is 13.6. The molecule has 45 heavy (non-hydrogen) atoms. The molecule has 0 spiro atoms. The Labute approximate surface area is 267 Å². The van der Waals surface area contributed by atoms with E-state index in [1.807, 2.05) is 29.2 Å². The molecule has 3 amide bonds. The van der Waals surface area contributed by atoms with Gasteiger partial charge in [-0.15, -0.1) is 0 Å². The molecule has 0 bridgehead atoms. The highest BCUT2D eigenvalue weighted by molar-refractivity contribution is 6.21.